The SMILES string of the molecule is COc1cc(O)c2c(c1)O[C@H](c1c(O)cccc1O)CC2=O. The van der Waals surface area contributed by atoms with Gasteiger partial charge in [0.15, 0.2) is 5.78 Å². The first-order valence-electron chi connectivity index (χ1n) is 6.63. The monoisotopic (exact) mass is 302 g/mol. The fourth-order valence-corrected chi connectivity index (χ4v) is 2.56. The number of carbonyl (C=O) groups excluding carboxylic acids is 1. The molecular formula is C16H14O6. The van der Waals surface area contributed by atoms with Crippen LogP contribution >= 0.6 is 0 Å². The zero-order chi connectivity index (χ0) is 15.9. The number of Topliss-reactive ketones (excluding diaryl/α,β-unsaturated/α-hetero) is 1. The molecule has 3 N–H and O–H groups in total. The highest BCUT2D eigenvalue weighted by molar-refractivity contribution is 6.02. The smallest absolute Gasteiger partial charge is 0.174 e. The Hall–Kier alpha value is -2.89. The van der Waals surface area contributed by atoms with Gasteiger partial charge >= 0.3 is 0 Å². The van der Waals surface area contributed by atoms with Crippen LogP contribution in [0, 0.1) is 0 Å². The molecule has 0 aromatic heterocycles. The zero-order valence-electron chi connectivity index (χ0n) is 11.7. The summed E-state index contributed by atoms with van der Waals surface area (Å²) in [4.78, 5) is 12.3. The van der Waals surface area contributed by atoms with Crippen molar-refractivity contribution in [2.24, 2.45) is 0 Å². The average Bonchev–Trinajstić information content (AvgIpc) is 2.46. The summed E-state index contributed by atoms with van der Waals surface area (Å²) in [7, 11) is 1.43. The van der Waals surface area contributed by atoms with Gasteiger partial charge in [-0.1, -0.05) is 6.07 Å². The van der Waals surface area contributed by atoms with Crippen LogP contribution in [-0.2, 0) is 0 Å². The molecule has 114 valence electrons. The van der Waals surface area contributed by atoms with E-state index in [1.807, 2.05) is 0 Å². The Morgan fingerprint density at radius 3 is 2.45 bits per heavy atom. The van der Waals surface area contributed by atoms with Gasteiger partial charge in [0, 0.05) is 12.1 Å². The first-order chi connectivity index (χ1) is 10.5. The summed E-state index contributed by atoms with van der Waals surface area (Å²) in [5.41, 5.74) is 0.218. The lowest BCUT2D eigenvalue weighted by molar-refractivity contribution is 0.0839. The van der Waals surface area contributed by atoms with E-state index in [0.717, 1.165) is 0 Å². The van der Waals surface area contributed by atoms with Crippen LogP contribution in [0.5, 0.6) is 28.7 Å². The van der Waals surface area contributed by atoms with Crippen molar-refractivity contribution in [1.29, 1.82) is 0 Å². The molecule has 1 heterocycles. The lowest BCUT2D eigenvalue weighted by Crippen LogP contribution is -2.20. The second-order valence-corrected chi connectivity index (χ2v) is 4.96. The summed E-state index contributed by atoms with van der Waals surface area (Å²) in [6.45, 7) is 0. The molecule has 0 fully saturated rings. The Kier molecular flexibility index (Phi) is 3.29. The van der Waals surface area contributed by atoms with Gasteiger partial charge in [0.05, 0.1) is 19.1 Å². The number of benzene rings is 2. The van der Waals surface area contributed by atoms with Crippen LogP contribution in [0.1, 0.15) is 28.4 Å². The molecule has 1 aliphatic rings. The third kappa shape index (κ3) is 2.18. The van der Waals surface area contributed by atoms with Crippen LogP contribution in [0.25, 0.3) is 0 Å². The molecule has 6 heteroatoms. The van der Waals surface area contributed by atoms with Crippen LogP contribution in [0.4, 0.5) is 0 Å². The highest BCUT2D eigenvalue weighted by Crippen LogP contribution is 2.45. The van der Waals surface area contributed by atoms with Crippen molar-refractivity contribution >= 4 is 5.78 Å². The third-order valence-electron chi connectivity index (χ3n) is 3.59. The molecule has 0 saturated carbocycles. The fraction of sp³-hybridized carbons (Fsp3) is 0.188. The Balaban J connectivity index is 2.07. The van der Waals surface area contributed by atoms with Crippen molar-refractivity contribution < 1.29 is 29.6 Å². The number of carbonyl (C=O) groups is 1. The number of ketones is 1. The topological polar surface area (TPSA) is 96.2 Å². The normalized spacial score (nSPS) is 16.8. The summed E-state index contributed by atoms with van der Waals surface area (Å²) in [5, 5.41) is 29.7. The number of phenolic OH excluding ortho intramolecular Hbond substituents is 3. The predicted octanol–water partition coefficient (Wildman–Crippen LogP) is 2.52. The minimum atomic E-state index is -0.840. The molecule has 1 aliphatic heterocycles. The Labute approximate surface area is 126 Å². The van der Waals surface area contributed by atoms with Crippen LogP contribution in [0.3, 0.4) is 0 Å². The largest absolute Gasteiger partial charge is 0.507 e. The van der Waals surface area contributed by atoms with Crippen molar-refractivity contribution in [2.75, 3.05) is 7.11 Å². The molecule has 0 spiro atoms. The quantitative estimate of drug-likeness (QED) is 0.789. The van der Waals surface area contributed by atoms with Crippen molar-refractivity contribution in [3.8, 4) is 28.7 Å². The Morgan fingerprint density at radius 2 is 1.82 bits per heavy atom. The fourth-order valence-electron chi connectivity index (χ4n) is 2.56. The molecule has 0 radical (unpaired) electrons. The van der Waals surface area contributed by atoms with Crippen molar-refractivity contribution in [1.82, 2.24) is 0 Å². The molecule has 0 unspecified atom stereocenters. The highest BCUT2D eigenvalue weighted by Gasteiger charge is 2.33. The van der Waals surface area contributed by atoms with Gasteiger partial charge in [-0.05, 0) is 12.1 Å². The standard InChI is InChI=1S/C16H14O6/c1-21-8-5-11(19)16-12(20)7-14(22-13(16)6-8)15-9(17)3-2-4-10(15)18/h2-6,14,17-19H,7H2,1H3/t14-/m0/s1. The molecule has 1 atom stereocenters. The van der Waals surface area contributed by atoms with Gasteiger partial charge in [0.25, 0.3) is 0 Å². The number of aromatic hydroxyl groups is 3. The maximum atomic E-state index is 12.3. The van der Waals surface area contributed by atoms with Gasteiger partial charge in [-0.2, -0.15) is 0 Å². The summed E-state index contributed by atoms with van der Waals surface area (Å²) < 4.78 is 10.7. The average molecular weight is 302 g/mol. The van der Waals surface area contributed by atoms with E-state index in [0.29, 0.717) is 5.75 Å². The molecule has 0 saturated heterocycles. The second-order valence-electron chi connectivity index (χ2n) is 4.96. The van der Waals surface area contributed by atoms with E-state index in [2.05, 4.69) is 0 Å². The Morgan fingerprint density at radius 1 is 1.14 bits per heavy atom. The van der Waals surface area contributed by atoms with Crippen LogP contribution in [-0.4, -0.2) is 28.2 Å². The van der Waals surface area contributed by atoms with E-state index in [-0.39, 0.29) is 46.3 Å². The van der Waals surface area contributed by atoms with Gasteiger partial charge < -0.3 is 24.8 Å². The summed E-state index contributed by atoms with van der Waals surface area (Å²) >= 11 is 0. The molecule has 0 bridgehead atoms. The Bertz CT molecular complexity index is 732. The van der Waals surface area contributed by atoms with Gasteiger partial charge in [0.2, 0.25) is 0 Å². The van der Waals surface area contributed by atoms with Crippen molar-refractivity contribution in [2.45, 2.75) is 12.5 Å². The van der Waals surface area contributed by atoms with Gasteiger partial charge in [-0.15, -0.1) is 0 Å². The summed E-state index contributed by atoms with van der Waals surface area (Å²) in [5.74, 6) is -0.387. The molecule has 22 heavy (non-hydrogen) atoms. The minimum Gasteiger partial charge on any atom is -0.507 e. The van der Waals surface area contributed by atoms with E-state index < -0.39 is 6.10 Å². The van der Waals surface area contributed by atoms with Crippen LogP contribution in [0.15, 0.2) is 30.3 Å². The third-order valence-corrected chi connectivity index (χ3v) is 3.59. The molecule has 3 rings (SSSR count). The number of ether oxygens (including phenoxy) is 2. The van der Waals surface area contributed by atoms with E-state index in [1.165, 1.54) is 37.4 Å². The van der Waals surface area contributed by atoms with Crippen LogP contribution in [0.2, 0.25) is 0 Å². The maximum absolute atomic E-state index is 12.3. The first-order valence-corrected chi connectivity index (χ1v) is 6.63. The molecule has 2 aromatic rings. The predicted molar refractivity (Wildman–Crippen MR) is 76.7 cm³/mol. The number of hydrogen-bond donors (Lipinski definition) is 3. The lowest BCUT2D eigenvalue weighted by Gasteiger charge is -2.27. The summed E-state index contributed by atoms with van der Waals surface area (Å²) in [6, 6.07) is 7.11. The van der Waals surface area contributed by atoms with Crippen LogP contribution < -0.4 is 9.47 Å². The molecular weight excluding hydrogens is 288 g/mol. The summed E-state index contributed by atoms with van der Waals surface area (Å²) in [6.07, 6.45) is -0.939. The van der Waals surface area contributed by atoms with Crippen molar-refractivity contribution in [3.63, 3.8) is 0 Å². The number of phenols is 3. The highest BCUT2D eigenvalue weighted by atomic mass is 16.5. The minimum absolute atomic E-state index is 0.0759. The maximum Gasteiger partial charge on any atom is 0.174 e. The number of methoxy groups -OCH3 is 1. The molecule has 2 aromatic carbocycles. The zero-order valence-corrected chi connectivity index (χ0v) is 11.7. The second kappa shape index (κ2) is 5.14. The number of rotatable bonds is 2. The van der Waals surface area contributed by atoms with E-state index in [1.54, 1.807) is 0 Å². The molecule has 6 nitrogen and oxygen atoms in total. The van der Waals surface area contributed by atoms with E-state index in [9.17, 15) is 20.1 Å². The molecule has 0 aliphatic carbocycles. The van der Waals surface area contributed by atoms with E-state index in [4.69, 9.17) is 9.47 Å². The first kappa shape index (κ1) is 14.1. The van der Waals surface area contributed by atoms with E-state index >= 15 is 0 Å². The lowest BCUT2D eigenvalue weighted by atomic mass is 9.94. The van der Waals surface area contributed by atoms with Gasteiger partial charge in [0.1, 0.15) is 40.4 Å². The van der Waals surface area contributed by atoms with Gasteiger partial charge in [-0.25, -0.2) is 0 Å². The van der Waals surface area contributed by atoms with Crippen molar-refractivity contribution in [3.05, 3.63) is 41.5 Å². The molecule has 0 amide bonds. The van der Waals surface area contributed by atoms with Gasteiger partial charge in [-0.3, -0.25) is 4.79 Å². The number of hydrogen-bond acceptors (Lipinski definition) is 6. The number of fused-ring (bicyclic) bond motifs is 1.